The van der Waals surface area contributed by atoms with Crippen LogP contribution in [0.1, 0.15) is 12.8 Å². The molecule has 0 aromatic carbocycles. The molecular weight excluding hydrogens is 240 g/mol. The van der Waals surface area contributed by atoms with Gasteiger partial charge in [-0.1, -0.05) is 0 Å². The molecule has 2 saturated heterocycles. The van der Waals surface area contributed by atoms with Gasteiger partial charge in [-0.2, -0.15) is 0 Å². The maximum absolute atomic E-state index is 5.35. The summed E-state index contributed by atoms with van der Waals surface area (Å²) in [5.74, 6) is 1.05. The molecule has 5 nitrogen and oxygen atoms in total. The lowest BCUT2D eigenvalue weighted by molar-refractivity contribution is 0.122. The van der Waals surface area contributed by atoms with E-state index in [1.165, 1.54) is 12.8 Å². The topological polar surface area (TPSA) is 49.4 Å². The van der Waals surface area contributed by atoms with Crippen LogP contribution in [0, 0.1) is 0 Å². The number of anilines is 2. The molecule has 0 aliphatic carbocycles. The fourth-order valence-electron chi connectivity index (χ4n) is 2.64. The lowest BCUT2D eigenvalue weighted by Gasteiger charge is -2.27. The number of ether oxygens (including phenoxy) is 1. The highest BCUT2D eigenvalue weighted by atomic mass is 16.5. The quantitative estimate of drug-likeness (QED) is 0.850. The van der Waals surface area contributed by atoms with Crippen molar-refractivity contribution in [2.75, 3.05) is 49.6 Å². The predicted molar refractivity (Wildman–Crippen MR) is 76.8 cm³/mol. The minimum absolute atomic E-state index is 0.610. The zero-order valence-electron chi connectivity index (χ0n) is 11.3. The van der Waals surface area contributed by atoms with E-state index in [0.717, 1.165) is 50.9 Å². The lowest BCUT2D eigenvalue weighted by Crippen LogP contribution is -2.36. The first-order valence-corrected chi connectivity index (χ1v) is 7.18. The Kier molecular flexibility index (Phi) is 4.15. The van der Waals surface area contributed by atoms with Gasteiger partial charge in [0.2, 0.25) is 0 Å². The van der Waals surface area contributed by atoms with Crippen LogP contribution < -0.4 is 15.5 Å². The van der Waals surface area contributed by atoms with Crippen molar-refractivity contribution in [2.45, 2.75) is 18.9 Å². The molecule has 0 amide bonds. The predicted octanol–water partition coefficient (Wildman–Crippen LogP) is 1.08. The van der Waals surface area contributed by atoms with Crippen LogP contribution >= 0.6 is 0 Å². The van der Waals surface area contributed by atoms with Crippen LogP contribution in [0.15, 0.2) is 18.3 Å². The number of morpholine rings is 1. The molecule has 104 valence electrons. The van der Waals surface area contributed by atoms with E-state index in [-0.39, 0.29) is 0 Å². The third-order valence-electron chi connectivity index (χ3n) is 3.80. The van der Waals surface area contributed by atoms with Gasteiger partial charge in [0, 0.05) is 25.7 Å². The summed E-state index contributed by atoms with van der Waals surface area (Å²) in [5.41, 5.74) is 1.10. The van der Waals surface area contributed by atoms with Crippen molar-refractivity contribution in [1.29, 1.82) is 0 Å². The van der Waals surface area contributed by atoms with E-state index in [9.17, 15) is 0 Å². The molecule has 0 spiro atoms. The van der Waals surface area contributed by atoms with Gasteiger partial charge < -0.3 is 20.3 Å². The minimum Gasteiger partial charge on any atom is -0.382 e. The molecule has 1 aromatic rings. The smallest absolute Gasteiger partial charge is 0.128 e. The van der Waals surface area contributed by atoms with Crippen molar-refractivity contribution < 1.29 is 4.74 Å². The average Bonchev–Trinajstić information content (AvgIpc) is 3.00. The summed E-state index contributed by atoms with van der Waals surface area (Å²) in [6.07, 6.45) is 4.49. The minimum atomic E-state index is 0.610. The molecule has 0 saturated carbocycles. The molecule has 0 bridgehead atoms. The number of rotatable bonds is 4. The Bertz CT molecular complexity index is 383. The van der Waals surface area contributed by atoms with Crippen LogP contribution in [-0.2, 0) is 4.74 Å². The molecule has 5 heteroatoms. The summed E-state index contributed by atoms with van der Waals surface area (Å²) < 4.78 is 5.35. The van der Waals surface area contributed by atoms with E-state index in [2.05, 4.69) is 32.7 Å². The normalized spacial score (nSPS) is 23.6. The first-order valence-electron chi connectivity index (χ1n) is 7.18. The standard InChI is InChI=1S/C14H22N4O/c1-2-12(15-5-1)10-16-13-3-4-14(17-11-13)18-6-8-19-9-7-18/h3-4,11-12,15-16H,1-2,5-10H2. The van der Waals surface area contributed by atoms with E-state index in [1.54, 1.807) is 0 Å². The van der Waals surface area contributed by atoms with E-state index < -0.39 is 0 Å². The Morgan fingerprint density at radius 2 is 2.26 bits per heavy atom. The second-order valence-corrected chi connectivity index (χ2v) is 5.18. The van der Waals surface area contributed by atoms with Gasteiger partial charge in [0.25, 0.3) is 0 Å². The zero-order valence-corrected chi connectivity index (χ0v) is 11.3. The molecular formula is C14H22N4O. The van der Waals surface area contributed by atoms with Crippen LogP contribution in [-0.4, -0.2) is 50.4 Å². The summed E-state index contributed by atoms with van der Waals surface area (Å²) in [6, 6.07) is 4.82. The van der Waals surface area contributed by atoms with Crippen molar-refractivity contribution in [2.24, 2.45) is 0 Å². The van der Waals surface area contributed by atoms with Crippen molar-refractivity contribution in [3.05, 3.63) is 18.3 Å². The van der Waals surface area contributed by atoms with Gasteiger partial charge in [0.1, 0.15) is 5.82 Å². The monoisotopic (exact) mass is 262 g/mol. The Morgan fingerprint density at radius 1 is 1.37 bits per heavy atom. The molecule has 1 aromatic heterocycles. The number of pyridine rings is 1. The third kappa shape index (κ3) is 3.36. The Morgan fingerprint density at radius 3 is 2.95 bits per heavy atom. The Balaban J connectivity index is 1.52. The molecule has 19 heavy (non-hydrogen) atoms. The van der Waals surface area contributed by atoms with Crippen LogP contribution in [0.4, 0.5) is 11.5 Å². The fraction of sp³-hybridized carbons (Fsp3) is 0.643. The molecule has 3 rings (SSSR count). The van der Waals surface area contributed by atoms with Crippen LogP contribution in [0.3, 0.4) is 0 Å². The van der Waals surface area contributed by atoms with E-state index in [4.69, 9.17) is 4.74 Å². The van der Waals surface area contributed by atoms with E-state index in [1.807, 2.05) is 6.20 Å². The largest absolute Gasteiger partial charge is 0.382 e. The SMILES string of the molecule is c1cc(N2CCOCC2)ncc1NCC1CCCN1. The van der Waals surface area contributed by atoms with Crippen molar-refractivity contribution in [3.8, 4) is 0 Å². The van der Waals surface area contributed by atoms with E-state index in [0.29, 0.717) is 6.04 Å². The fourth-order valence-corrected chi connectivity index (χ4v) is 2.64. The zero-order chi connectivity index (χ0) is 12.9. The van der Waals surface area contributed by atoms with Gasteiger partial charge in [0.05, 0.1) is 25.1 Å². The van der Waals surface area contributed by atoms with Crippen molar-refractivity contribution in [3.63, 3.8) is 0 Å². The number of aromatic nitrogens is 1. The Hall–Kier alpha value is -1.33. The summed E-state index contributed by atoms with van der Waals surface area (Å²) in [7, 11) is 0. The number of nitrogens with zero attached hydrogens (tertiary/aromatic N) is 2. The number of hydrogen-bond donors (Lipinski definition) is 2. The molecule has 1 unspecified atom stereocenters. The molecule has 2 fully saturated rings. The summed E-state index contributed by atoms with van der Waals surface area (Å²) in [4.78, 5) is 6.80. The summed E-state index contributed by atoms with van der Waals surface area (Å²) in [6.45, 7) is 5.61. The van der Waals surface area contributed by atoms with Gasteiger partial charge >= 0.3 is 0 Å². The highest BCUT2D eigenvalue weighted by Crippen LogP contribution is 2.16. The van der Waals surface area contributed by atoms with Gasteiger partial charge in [-0.3, -0.25) is 0 Å². The molecule has 2 aliphatic heterocycles. The lowest BCUT2D eigenvalue weighted by atomic mass is 10.2. The van der Waals surface area contributed by atoms with Gasteiger partial charge in [0.15, 0.2) is 0 Å². The highest BCUT2D eigenvalue weighted by Gasteiger charge is 2.14. The van der Waals surface area contributed by atoms with Gasteiger partial charge in [-0.05, 0) is 31.5 Å². The number of hydrogen-bond acceptors (Lipinski definition) is 5. The average molecular weight is 262 g/mol. The first kappa shape index (κ1) is 12.7. The molecule has 2 aliphatic rings. The molecule has 3 heterocycles. The van der Waals surface area contributed by atoms with Crippen molar-refractivity contribution in [1.82, 2.24) is 10.3 Å². The maximum Gasteiger partial charge on any atom is 0.128 e. The van der Waals surface area contributed by atoms with Crippen LogP contribution in [0.2, 0.25) is 0 Å². The van der Waals surface area contributed by atoms with Crippen LogP contribution in [0.5, 0.6) is 0 Å². The second kappa shape index (κ2) is 6.21. The number of nitrogens with one attached hydrogen (secondary N) is 2. The van der Waals surface area contributed by atoms with Gasteiger partial charge in [-0.15, -0.1) is 0 Å². The van der Waals surface area contributed by atoms with Crippen molar-refractivity contribution >= 4 is 11.5 Å². The summed E-state index contributed by atoms with van der Waals surface area (Å²) in [5, 5.41) is 6.93. The second-order valence-electron chi connectivity index (χ2n) is 5.18. The van der Waals surface area contributed by atoms with Gasteiger partial charge in [-0.25, -0.2) is 4.98 Å². The first-order chi connectivity index (χ1) is 9.42. The molecule has 2 N–H and O–H groups in total. The molecule has 0 radical (unpaired) electrons. The maximum atomic E-state index is 5.35. The molecule has 1 atom stereocenters. The third-order valence-corrected chi connectivity index (χ3v) is 3.80. The Labute approximate surface area is 114 Å². The van der Waals surface area contributed by atoms with Crippen LogP contribution in [0.25, 0.3) is 0 Å². The van der Waals surface area contributed by atoms with E-state index >= 15 is 0 Å². The summed E-state index contributed by atoms with van der Waals surface area (Å²) >= 11 is 0. The highest BCUT2D eigenvalue weighted by molar-refractivity contribution is 5.48.